The number of anilines is 1. The molecule has 30 heavy (non-hydrogen) atoms. The zero-order valence-electron chi connectivity index (χ0n) is 16.9. The van der Waals surface area contributed by atoms with Crippen LogP contribution >= 0.6 is 0 Å². The lowest BCUT2D eigenvalue weighted by Crippen LogP contribution is -2.40. The van der Waals surface area contributed by atoms with Crippen molar-refractivity contribution in [1.82, 2.24) is 5.32 Å². The van der Waals surface area contributed by atoms with E-state index in [2.05, 4.69) is 5.32 Å². The fourth-order valence-corrected chi connectivity index (χ4v) is 3.48. The van der Waals surface area contributed by atoms with Crippen molar-refractivity contribution in [3.05, 3.63) is 53.6 Å². The van der Waals surface area contributed by atoms with Crippen LogP contribution in [0.3, 0.4) is 0 Å². The first-order chi connectivity index (χ1) is 14.2. The summed E-state index contributed by atoms with van der Waals surface area (Å²) in [7, 11) is -3.90. The topological polar surface area (TPSA) is 84.9 Å². The highest BCUT2D eigenvalue weighted by atomic mass is 32.2. The molecule has 0 bridgehead atoms. The molecule has 2 rings (SSSR count). The summed E-state index contributed by atoms with van der Waals surface area (Å²) in [5.74, 6) is -1.82. The molecule has 1 N–H and O–H groups in total. The fraction of sp³-hybridized carbons (Fsp3) is 0.350. The zero-order valence-corrected chi connectivity index (χ0v) is 17.8. The smallest absolute Gasteiger partial charge is 0.241 e. The summed E-state index contributed by atoms with van der Waals surface area (Å²) >= 11 is 0. The van der Waals surface area contributed by atoms with Crippen LogP contribution in [0.4, 0.5) is 14.5 Å². The van der Waals surface area contributed by atoms with Gasteiger partial charge in [0.15, 0.2) is 23.1 Å². The molecule has 0 atom stereocenters. The van der Waals surface area contributed by atoms with E-state index in [1.807, 2.05) is 13.8 Å². The van der Waals surface area contributed by atoms with Gasteiger partial charge in [0.05, 0.1) is 25.2 Å². The predicted octanol–water partition coefficient (Wildman–Crippen LogP) is 2.84. The number of hydrogen-bond donors (Lipinski definition) is 1. The van der Waals surface area contributed by atoms with Gasteiger partial charge in [0, 0.05) is 12.6 Å². The number of rotatable bonds is 10. The Morgan fingerprint density at radius 1 is 1.00 bits per heavy atom. The number of nitrogens with zero attached hydrogens (tertiary/aromatic N) is 1. The van der Waals surface area contributed by atoms with Crippen molar-refractivity contribution in [2.24, 2.45) is 0 Å². The van der Waals surface area contributed by atoms with Gasteiger partial charge < -0.3 is 14.8 Å². The highest BCUT2D eigenvalue weighted by Gasteiger charge is 2.22. The highest BCUT2D eigenvalue weighted by molar-refractivity contribution is 7.92. The van der Waals surface area contributed by atoms with E-state index in [1.165, 1.54) is 0 Å². The van der Waals surface area contributed by atoms with Gasteiger partial charge >= 0.3 is 0 Å². The number of sulfonamides is 1. The van der Waals surface area contributed by atoms with Gasteiger partial charge in [-0.05, 0) is 43.7 Å². The maximum absolute atomic E-state index is 13.5. The van der Waals surface area contributed by atoms with Gasteiger partial charge in [-0.3, -0.25) is 9.10 Å². The second-order valence-corrected chi connectivity index (χ2v) is 8.20. The van der Waals surface area contributed by atoms with E-state index < -0.39 is 34.1 Å². The van der Waals surface area contributed by atoms with Gasteiger partial charge in [-0.15, -0.1) is 0 Å². The van der Waals surface area contributed by atoms with Crippen LogP contribution in [-0.4, -0.2) is 40.3 Å². The van der Waals surface area contributed by atoms with E-state index in [4.69, 9.17) is 9.47 Å². The Bertz CT molecular complexity index is 999. The van der Waals surface area contributed by atoms with Gasteiger partial charge in [0.1, 0.15) is 6.54 Å². The third-order valence-electron chi connectivity index (χ3n) is 3.98. The van der Waals surface area contributed by atoms with Crippen LogP contribution in [0, 0.1) is 11.6 Å². The number of hydrogen-bond acceptors (Lipinski definition) is 5. The molecule has 2 aromatic rings. The lowest BCUT2D eigenvalue weighted by atomic mass is 10.2. The van der Waals surface area contributed by atoms with Crippen LogP contribution in [0.1, 0.15) is 19.4 Å². The number of halogens is 2. The predicted molar refractivity (Wildman–Crippen MR) is 109 cm³/mol. The van der Waals surface area contributed by atoms with E-state index in [9.17, 15) is 22.0 Å². The van der Waals surface area contributed by atoms with Gasteiger partial charge in [-0.1, -0.05) is 6.07 Å². The molecule has 0 heterocycles. The molecule has 164 valence electrons. The van der Waals surface area contributed by atoms with Gasteiger partial charge in [-0.2, -0.15) is 0 Å². The van der Waals surface area contributed by atoms with E-state index in [0.29, 0.717) is 34.6 Å². The van der Waals surface area contributed by atoms with Crippen molar-refractivity contribution in [3.8, 4) is 11.5 Å². The maximum atomic E-state index is 13.5. The molecule has 0 aliphatic rings. The molecule has 7 nitrogen and oxygen atoms in total. The Morgan fingerprint density at radius 2 is 1.67 bits per heavy atom. The summed E-state index contributed by atoms with van der Waals surface area (Å²) < 4.78 is 62.5. The minimum atomic E-state index is -3.90. The van der Waals surface area contributed by atoms with E-state index in [1.54, 1.807) is 18.2 Å². The average Bonchev–Trinajstić information content (AvgIpc) is 2.68. The SMILES string of the molecule is CCOc1ccc(CNC(=O)CN(c2ccc(F)c(F)c2)S(C)(=O)=O)cc1OCC. The number of carbonyl (C=O) groups excluding carboxylic acids is 1. The number of carbonyl (C=O) groups is 1. The molecule has 2 aromatic carbocycles. The standard InChI is InChI=1S/C20H24F2N2O5S/c1-4-28-18-9-6-14(10-19(18)29-5-2)12-23-20(25)13-24(30(3,26)27)15-7-8-16(21)17(22)11-15/h6-11H,4-5,12-13H2,1-3H3,(H,23,25). The Morgan fingerprint density at radius 3 is 2.27 bits per heavy atom. The van der Waals surface area contributed by atoms with Crippen LogP contribution in [0.5, 0.6) is 11.5 Å². The Hall–Kier alpha value is -2.88. The maximum Gasteiger partial charge on any atom is 0.241 e. The van der Waals surface area contributed by atoms with Crippen LogP contribution in [0.25, 0.3) is 0 Å². The first-order valence-electron chi connectivity index (χ1n) is 9.23. The van der Waals surface area contributed by atoms with Crippen LogP contribution in [0.15, 0.2) is 36.4 Å². The molecule has 1 amide bonds. The van der Waals surface area contributed by atoms with Crippen molar-refractivity contribution in [1.29, 1.82) is 0 Å². The Balaban J connectivity index is 2.11. The van der Waals surface area contributed by atoms with Gasteiger partial charge in [-0.25, -0.2) is 17.2 Å². The van der Waals surface area contributed by atoms with E-state index in [-0.39, 0.29) is 12.2 Å². The zero-order chi connectivity index (χ0) is 22.3. The van der Waals surface area contributed by atoms with E-state index >= 15 is 0 Å². The summed E-state index contributed by atoms with van der Waals surface area (Å²) in [6, 6.07) is 7.81. The second-order valence-electron chi connectivity index (χ2n) is 6.29. The average molecular weight is 442 g/mol. The van der Waals surface area contributed by atoms with E-state index in [0.717, 1.165) is 24.5 Å². The minimum absolute atomic E-state index is 0.112. The lowest BCUT2D eigenvalue weighted by molar-refractivity contribution is -0.119. The summed E-state index contributed by atoms with van der Waals surface area (Å²) in [6.45, 7) is 4.13. The molecule has 0 aliphatic heterocycles. The van der Waals surface area contributed by atoms with Crippen LogP contribution in [-0.2, 0) is 21.4 Å². The first-order valence-corrected chi connectivity index (χ1v) is 11.1. The van der Waals surface area contributed by atoms with Crippen molar-refractivity contribution in [2.45, 2.75) is 20.4 Å². The number of ether oxygens (including phenoxy) is 2. The molecule has 0 saturated carbocycles. The molecule has 0 saturated heterocycles. The van der Waals surface area contributed by atoms with Crippen molar-refractivity contribution in [2.75, 3.05) is 30.3 Å². The molecular weight excluding hydrogens is 418 g/mol. The van der Waals surface area contributed by atoms with Crippen molar-refractivity contribution < 1.29 is 31.5 Å². The third-order valence-corrected chi connectivity index (χ3v) is 5.12. The fourth-order valence-electron chi connectivity index (χ4n) is 2.63. The monoisotopic (exact) mass is 442 g/mol. The molecule has 0 radical (unpaired) electrons. The van der Waals surface area contributed by atoms with Crippen LogP contribution in [0.2, 0.25) is 0 Å². The summed E-state index contributed by atoms with van der Waals surface area (Å²) in [5, 5.41) is 2.61. The number of benzene rings is 2. The van der Waals surface area contributed by atoms with Gasteiger partial charge in [0.2, 0.25) is 15.9 Å². The first kappa shape index (κ1) is 23.4. The largest absolute Gasteiger partial charge is 0.490 e. The highest BCUT2D eigenvalue weighted by Crippen LogP contribution is 2.28. The third kappa shape index (κ3) is 6.31. The molecular formula is C20H24F2N2O5S. The molecule has 0 spiro atoms. The molecule has 0 unspecified atom stereocenters. The second kappa shape index (κ2) is 10.2. The molecule has 0 aliphatic carbocycles. The molecule has 0 aromatic heterocycles. The lowest BCUT2D eigenvalue weighted by Gasteiger charge is -2.22. The van der Waals surface area contributed by atoms with Gasteiger partial charge in [0.25, 0.3) is 0 Å². The molecule has 0 fully saturated rings. The Kier molecular flexibility index (Phi) is 7.99. The molecule has 10 heteroatoms. The van der Waals surface area contributed by atoms with Crippen molar-refractivity contribution >= 4 is 21.6 Å². The Labute approximate surface area is 174 Å². The minimum Gasteiger partial charge on any atom is -0.490 e. The normalized spacial score (nSPS) is 11.1. The number of nitrogens with one attached hydrogen (secondary N) is 1. The summed E-state index contributed by atoms with van der Waals surface area (Å²) in [4.78, 5) is 12.3. The van der Waals surface area contributed by atoms with Crippen LogP contribution < -0.4 is 19.1 Å². The summed E-state index contributed by atoms with van der Waals surface area (Å²) in [5.41, 5.74) is 0.570. The summed E-state index contributed by atoms with van der Waals surface area (Å²) in [6.07, 6.45) is 0.877. The number of amides is 1. The quantitative estimate of drug-likeness (QED) is 0.612. The van der Waals surface area contributed by atoms with Crippen molar-refractivity contribution in [3.63, 3.8) is 0 Å².